The molecule has 6 rings (SSSR count). The Morgan fingerprint density at radius 2 is 1.83 bits per heavy atom. The molecule has 1 aliphatic rings. The predicted octanol–water partition coefficient (Wildman–Crippen LogP) is 5.13. The fraction of sp³-hybridized carbons (Fsp3) is 0.214. The van der Waals surface area contributed by atoms with Crippen molar-refractivity contribution in [3.05, 3.63) is 90.6 Å². The molecule has 5 aromatic rings. The number of pyridine rings is 2. The molecule has 1 fully saturated rings. The first kappa shape index (κ1) is 22.0. The summed E-state index contributed by atoms with van der Waals surface area (Å²) in [5.41, 5.74) is 6.12. The van der Waals surface area contributed by atoms with Crippen molar-refractivity contribution in [2.75, 3.05) is 23.3 Å². The number of hydrogen-bond donors (Lipinski definition) is 1. The van der Waals surface area contributed by atoms with Gasteiger partial charge in [0.2, 0.25) is 0 Å². The Morgan fingerprint density at radius 3 is 2.67 bits per heavy atom. The van der Waals surface area contributed by atoms with Gasteiger partial charge in [-0.3, -0.25) is 14.5 Å². The minimum absolute atomic E-state index is 0.151. The molecule has 1 amide bonds. The number of hydrogen-bond acceptors (Lipinski definition) is 5. The number of nitrogens with zero attached hydrogens (tertiary/aromatic N) is 6. The molecule has 0 radical (unpaired) electrons. The standard InChI is InChI=1S/C28H27N7O/c1-20-7-8-23(32-28(36)21-9-12-30-27(16-21)33-13-3-2-4-14-33)17-24(20)34-15-10-26-31-19-25(35(26)34)22-6-5-11-29-18-22/h5-12,15-19H,2-4,13-14H2,1H3,(H,32,36). The second-order valence-electron chi connectivity index (χ2n) is 9.12. The summed E-state index contributed by atoms with van der Waals surface area (Å²) < 4.78 is 4.11. The van der Waals surface area contributed by atoms with Crippen LogP contribution in [0.3, 0.4) is 0 Å². The number of aryl methyl sites for hydroxylation is 1. The average molecular weight is 478 g/mol. The number of imidazole rings is 1. The van der Waals surface area contributed by atoms with Crippen LogP contribution in [0.4, 0.5) is 11.5 Å². The molecule has 8 heteroatoms. The van der Waals surface area contributed by atoms with Gasteiger partial charge in [-0.05, 0) is 68.1 Å². The molecule has 1 aliphatic heterocycles. The van der Waals surface area contributed by atoms with Crippen molar-refractivity contribution in [2.45, 2.75) is 26.2 Å². The smallest absolute Gasteiger partial charge is 0.255 e. The number of amides is 1. The molecule has 36 heavy (non-hydrogen) atoms. The molecule has 0 bridgehead atoms. The summed E-state index contributed by atoms with van der Waals surface area (Å²) in [6.07, 6.45) is 12.7. The van der Waals surface area contributed by atoms with E-state index in [1.165, 1.54) is 6.42 Å². The number of nitrogens with one attached hydrogen (secondary N) is 1. The maximum Gasteiger partial charge on any atom is 0.255 e. The Balaban J connectivity index is 1.31. The summed E-state index contributed by atoms with van der Waals surface area (Å²) in [5, 5.41) is 3.07. The Kier molecular flexibility index (Phi) is 5.69. The van der Waals surface area contributed by atoms with Gasteiger partial charge in [0.15, 0.2) is 5.65 Å². The highest BCUT2D eigenvalue weighted by molar-refractivity contribution is 6.04. The summed E-state index contributed by atoms with van der Waals surface area (Å²) in [5.74, 6) is 0.714. The number of piperidine rings is 1. The molecular formula is C28H27N7O. The SMILES string of the molecule is Cc1ccc(NC(=O)c2ccnc(N3CCCCC3)c2)cc1-n1ccc2ncc(-c3cccnc3)n21. The van der Waals surface area contributed by atoms with E-state index in [0.29, 0.717) is 5.56 Å². The van der Waals surface area contributed by atoms with Gasteiger partial charge in [0.25, 0.3) is 5.91 Å². The second kappa shape index (κ2) is 9.30. The fourth-order valence-corrected chi connectivity index (χ4v) is 4.80. The van der Waals surface area contributed by atoms with E-state index in [2.05, 4.69) is 41.3 Å². The maximum absolute atomic E-state index is 13.2. The number of fused-ring (bicyclic) bond motifs is 1. The Labute approximate surface area is 209 Å². The number of carbonyl (C=O) groups is 1. The highest BCUT2D eigenvalue weighted by Gasteiger charge is 2.16. The summed E-state index contributed by atoms with van der Waals surface area (Å²) in [4.78, 5) is 28.7. The van der Waals surface area contributed by atoms with Gasteiger partial charge in [-0.2, -0.15) is 0 Å². The highest BCUT2D eigenvalue weighted by Crippen LogP contribution is 2.26. The largest absolute Gasteiger partial charge is 0.357 e. The molecule has 1 saturated heterocycles. The van der Waals surface area contributed by atoms with E-state index in [0.717, 1.165) is 65.6 Å². The van der Waals surface area contributed by atoms with Crippen molar-refractivity contribution < 1.29 is 4.79 Å². The van der Waals surface area contributed by atoms with Crippen LogP contribution < -0.4 is 10.2 Å². The average Bonchev–Trinajstić information content (AvgIpc) is 3.54. The molecule has 4 aromatic heterocycles. The lowest BCUT2D eigenvalue weighted by molar-refractivity contribution is 0.102. The van der Waals surface area contributed by atoms with E-state index < -0.39 is 0 Å². The first-order valence-electron chi connectivity index (χ1n) is 12.3. The molecule has 0 unspecified atom stereocenters. The van der Waals surface area contributed by atoms with E-state index in [1.807, 2.05) is 61.1 Å². The second-order valence-corrected chi connectivity index (χ2v) is 9.12. The van der Waals surface area contributed by atoms with Crippen molar-refractivity contribution in [3.63, 3.8) is 0 Å². The quantitative estimate of drug-likeness (QED) is 0.379. The van der Waals surface area contributed by atoms with Gasteiger partial charge in [-0.25, -0.2) is 14.5 Å². The molecular weight excluding hydrogens is 450 g/mol. The molecule has 1 N–H and O–H groups in total. The number of rotatable bonds is 5. The third-order valence-electron chi connectivity index (χ3n) is 6.70. The van der Waals surface area contributed by atoms with Gasteiger partial charge >= 0.3 is 0 Å². The topological polar surface area (TPSA) is 80.3 Å². The van der Waals surface area contributed by atoms with Gasteiger partial charge in [0.05, 0.1) is 17.6 Å². The van der Waals surface area contributed by atoms with Crippen molar-refractivity contribution in [1.29, 1.82) is 0 Å². The highest BCUT2D eigenvalue weighted by atomic mass is 16.1. The zero-order valence-corrected chi connectivity index (χ0v) is 20.1. The van der Waals surface area contributed by atoms with Crippen molar-refractivity contribution in [2.24, 2.45) is 0 Å². The Hall–Kier alpha value is -4.46. The van der Waals surface area contributed by atoms with E-state index in [1.54, 1.807) is 18.5 Å². The van der Waals surface area contributed by atoms with E-state index in [-0.39, 0.29) is 5.91 Å². The Bertz CT molecular complexity index is 1530. The number of carbonyl (C=O) groups excluding carboxylic acids is 1. The van der Waals surface area contributed by atoms with Crippen molar-refractivity contribution in [3.8, 4) is 16.9 Å². The lowest BCUT2D eigenvalue weighted by Gasteiger charge is -2.27. The van der Waals surface area contributed by atoms with Crippen LogP contribution in [0.25, 0.3) is 22.6 Å². The Morgan fingerprint density at radius 1 is 0.944 bits per heavy atom. The van der Waals surface area contributed by atoms with Crippen LogP contribution >= 0.6 is 0 Å². The summed E-state index contributed by atoms with van der Waals surface area (Å²) >= 11 is 0. The number of benzene rings is 1. The molecule has 5 heterocycles. The van der Waals surface area contributed by atoms with Gasteiger partial charge < -0.3 is 10.2 Å². The van der Waals surface area contributed by atoms with Gasteiger partial charge in [0, 0.05) is 60.8 Å². The minimum Gasteiger partial charge on any atom is -0.357 e. The van der Waals surface area contributed by atoms with Crippen LogP contribution in [-0.4, -0.2) is 43.1 Å². The summed E-state index contributed by atoms with van der Waals surface area (Å²) in [6, 6.07) is 15.5. The van der Waals surface area contributed by atoms with E-state index in [9.17, 15) is 4.79 Å². The maximum atomic E-state index is 13.2. The number of anilines is 2. The lowest BCUT2D eigenvalue weighted by atomic mass is 10.1. The van der Waals surface area contributed by atoms with Crippen LogP contribution in [0.1, 0.15) is 35.2 Å². The monoisotopic (exact) mass is 477 g/mol. The van der Waals surface area contributed by atoms with Crippen LogP contribution in [0.5, 0.6) is 0 Å². The van der Waals surface area contributed by atoms with Crippen LogP contribution in [-0.2, 0) is 0 Å². The summed E-state index contributed by atoms with van der Waals surface area (Å²) in [6.45, 7) is 4.03. The van der Waals surface area contributed by atoms with Gasteiger partial charge in [-0.1, -0.05) is 6.07 Å². The molecule has 0 spiro atoms. The van der Waals surface area contributed by atoms with Crippen molar-refractivity contribution in [1.82, 2.24) is 24.1 Å². The summed E-state index contributed by atoms with van der Waals surface area (Å²) in [7, 11) is 0. The zero-order chi connectivity index (χ0) is 24.5. The van der Waals surface area contributed by atoms with Crippen LogP contribution in [0.15, 0.2) is 79.5 Å². The first-order chi connectivity index (χ1) is 17.7. The molecule has 0 atom stereocenters. The lowest BCUT2D eigenvalue weighted by Crippen LogP contribution is -2.30. The normalized spacial score (nSPS) is 13.8. The molecule has 0 aliphatic carbocycles. The molecule has 1 aromatic carbocycles. The minimum atomic E-state index is -0.151. The van der Waals surface area contributed by atoms with Crippen LogP contribution in [0.2, 0.25) is 0 Å². The first-order valence-corrected chi connectivity index (χ1v) is 12.3. The molecule has 0 saturated carbocycles. The third kappa shape index (κ3) is 4.11. The zero-order valence-electron chi connectivity index (χ0n) is 20.1. The predicted molar refractivity (Wildman–Crippen MR) is 141 cm³/mol. The molecule has 180 valence electrons. The van der Waals surface area contributed by atoms with Gasteiger partial charge in [-0.15, -0.1) is 0 Å². The van der Waals surface area contributed by atoms with Crippen molar-refractivity contribution >= 4 is 23.1 Å². The van der Waals surface area contributed by atoms with Crippen LogP contribution in [0, 0.1) is 6.92 Å². The fourth-order valence-electron chi connectivity index (χ4n) is 4.80. The van der Waals surface area contributed by atoms with Gasteiger partial charge in [0.1, 0.15) is 5.82 Å². The number of aromatic nitrogens is 5. The van der Waals surface area contributed by atoms with E-state index >= 15 is 0 Å². The van der Waals surface area contributed by atoms with E-state index in [4.69, 9.17) is 0 Å². The molecule has 8 nitrogen and oxygen atoms in total. The third-order valence-corrected chi connectivity index (χ3v) is 6.70.